The summed E-state index contributed by atoms with van der Waals surface area (Å²) in [5.41, 5.74) is 1.94. The van der Waals surface area contributed by atoms with Crippen LogP contribution in [0.3, 0.4) is 0 Å². The summed E-state index contributed by atoms with van der Waals surface area (Å²) in [5.74, 6) is -0.235. The zero-order valence-corrected chi connectivity index (χ0v) is 13.7. The van der Waals surface area contributed by atoms with Gasteiger partial charge < -0.3 is 5.32 Å². The monoisotopic (exact) mass is 342 g/mol. The Morgan fingerprint density at radius 3 is 2.52 bits per heavy atom. The minimum absolute atomic E-state index is 0.235. The average molecular weight is 344 g/mol. The largest absolute Gasteiger partial charge is 0.345 e. The first-order valence-electron chi connectivity index (χ1n) is 6.27. The van der Waals surface area contributed by atoms with Crippen molar-refractivity contribution < 1.29 is 4.79 Å². The fourth-order valence-corrected chi connectivity index (χ4v) is 2.79. The van der Waals surface area contributed by atoms with Gasteiger partial charge in [-0.3, -0.25) is 4.79 Å². The van der Waals surface area contributed by atoms with Crippen LogP contribution in [0.2, 0.25) is 15.2 Å². The molecule has 21 heavy (non-hydrogen) atoms. The van der Waals surface area contributed by atoms with Crippen molar-refractivity contribution in [1.82, 2.24) is 10.3 Å². The van der Waals surface area contributed by atoms with Gasteiger partial charge in [0.1, 0.15) is 5.15 Å². The van der Waals surface area contributed by atoms with Crippen molar-refractivity contribution in [3.05, 3.63) is 62.4 Å². The molecule has 1 amide bonds. The zero-order valence-electron chi connectivity index (χ0n) is 11.5. The Hall–Kier alpha value is -1.29. The highest BCUT2D eigenvalue weighted by atomic mass is 35.5. The number of pyridine rings is 1. The topological polar surface area (TPSA) is 42.0 Å². The zero-order chi connectivity index (χ0) is 15.6. The molecule has 2 aromatic rings. The van der Waals surface area contributed by atoms with Gasteiger partial charge >= 0.3 is 0 Å². The molecule has 0 saturated carbocycles. The summed E-state index contributed by atoms with van der Waals surface area (Å²) in [6, 6.07) is 8.13. The predicted octanol–water partition coefficient (Wildman–Crippen LogP) is 4.84. The van der Waals surface area contributed by atoms with Gasteiger partial charge in [0.15, 0.2) is 0 Å². The van der Waals surface area contributed by atoms with Crippen molar-refractivity contribution in [1.29, 1.82) is 0 Å². The fourth-order valence-electron chi connectivity index (χ4n) is 1.97. The first-order valence-corrected chi connectivity index (χ1v) is 7.40. The minimum Gasteiger partial charge on any atom is -0.345 e. The number of benzene rings is 1. The van der Waals surface area contributed by atoms with Gasteiger partial charge in [-0.1, -0.05) is 40.9 Å². The van der Waals surface area contributed by atoms with Gasteiger partial charge in [-0.05, 0) is 43.7 Å². The van der Waals surface area contributed by atoms with E-state index < -0.39 is 0 Å². The number of aryl methyl sites for hydroxylation is 1. The second-order valence-electron chi connectivity index (χ2n) is 4.68. The molecule has 1 heterocycles. The van der Waals surface area contributed by atoms with Crippen molar-refractivity contribution >= 4 is 40.7 Å². The number of amides is 1. The van der Waals surface area contributed by atoms with Crippen LogP contribution in [0.1, 0.15) is 34.6 Å². The van der Waals surface area contributed by atoms with Crippen molar-refractivity contribution in [2.24, 2.45) is 0 Å². The smallest absolute Gasteiger partial charge is 0.251 e. The number of nitrogens with zero attached hydrogens (tertiary/aromatic N) is 1. The molecule has 0 spiro atoms. The molecule has 1 aromatic heterocycles. The molecule has 6 heteroatoms. The number of rotatable bonds is 3. The summed E-state index contributed by atoms with van der Waals surface area (Å²) in [6.07, 6.45) is 0. The molecule has 1 atom stereocenters. The fraction of sp³-hybridized carbons (Fsp3) is 0.200. The van der Waals surface area contributed by atoms with Gasteiger partial charge in [-0.2, -0.15) is 0 Å². The molecule has 2 rings (SSSR count). The van der Waals surface area contributed by atoms with E-state index >= 15 is 0 Å². The van der Waals surface area contributed by atoms with E-state index in [-0.39, 0.29) is 17.1 Å². The quantitative estimate of drug-likeness (QED) is 0.810. The molecule has 0 aliphatic carbocycles. The molecule has 0 radical (unpaired) electrons. The van der Waals surface area contributed by atoms with E-state index in [1.807, 2.05) is 6.92 Å². The maximum atomic E-state index is 12.2. The number of aromatic nitrogens is 1. The van der Waals surface area contributed by atoms with Gasteiger partial charge in [0.05, 0.1) is 6.04 Å². The lowest BCUT2D eigenvalue weighted by Crippen LogP contribution is -2.27. The first-order chi connectivity index (χ1) is 9.86. The first kappa shape index (κ1) is 16.1. The molecule has 0 aliphatic rings. The number of nitrogens with one attached hydrogen (secondary N) is 1. The van der Waals surface area contributed by atoms with Gasteiger partial charge in [0, 0.05) is 21.3 Å². The molecule has 1 aromatic carbocycles. The third kappa shape index (κ3) is 4.10. The number of hydrogen-bond acceptors (Lipinski definition) is 2. The standard InChI is InChI=1S/C15H13Cl3N2O/c1-8-5-10(6-14(18)19-8)15(21)20-9(2)12-4-3-11(16)7-13(12)17/h3-7,9H,1-2H3,(H,20,21). The number of carbonyl (C=O) groups is 1. The number of carbonyl (C=O) groups excluding carboxylic acids is 1. The molecule has 3 nitrogen and oxygen atoms in total. The Bertz CT molecular complexity index is 668. The van der Waals surface area contributed by atoms with E-state index in [1.165, 1.54) is 6.07 Å². The van der Waals surface area contributed by atoms with E-state index in [1.54, 1.807) is 31.2 Å². The highest BCUT2D eigenvalue weighted by Crippen LogP contribution is 2.26. The minimum atomic E-state index is -0.255. The van der Waals surface area contributed by atoms with Gasteiger partial charge in [-0.25, -0.2) is 4.98 Å². The summed E-state index contributed by atoms with van der Waals surface area (Å²) in [4.78, 5) is 16.3. The summed E-state index contributed by atoms with van der Waals surface area (Å²) in [7, 11) is 0. The summed E-state index contributed by atoms with van der Waals surface area (Å²) in [6.45, 7) is 3.63. The molecule has 0 bridgehead atoms. The number of hydrogen-bond donors (Lipinski definition) is 1. The van der Waals surface area contributed by atoms with Gasteiger partial charge in [0.2, 0.25) is 0 Å². The van der Waals surface area contributed by atoms with Crippen LogP contribution in [-0.2, 0) is 0 Å². The van der Waals surface area contributed by atoms with Crippen LogP contribution in [0.25, 0.3) is 0 Å². The van der Waals surface area contributed by atoms with Crippen molar-refractivity contribution in [2.75, 3.05) is 0 Å². The van der Waals surface area contributed by atoms with E-state index in [2.05, 4.69) is 10.3 Å². The van der Waals surface area contributed by atoms with Crippen LogP contribution in [0, 0.1) is 6.92 Å². The van der Waals surface area contributed by atoms with Crippen LogP contribution >= 0.6 is 34.8 Å². The van der Waals surface area contributed by atoms with Crippen LogP contribution in [-0.4, -0.2) is 10.9 Å². The van der Waals surface area contributed by atoms with E-state index in [0.717, 1.165) is 5.56 Å². The van der Waals surface area contributed by atoms with Crippen LogP contribution in [0.4, 0.5) is 0 Å². The van der Waals surface area contributed by atoms with Crippen LogP contribution in [0.15, 0.2) is 30.3 Å². The second-order valence-corrected chi connectivity index (χ2v) is 5.91. The summed E-state index contributed by atoms with van der Waals surface area (Å²) in [5, 5.41) is 4.23. The third-order valence-electron chi connectivity index (χ3n) is 2.96. The molecule has 0 aliphatic heterocycles. The Morgan fingerprint density at radius 1 is 1.19 bits per heavy atom. The summed E-state index contributed by atoms with van der Waals surface area (Å²) >= 11 is 17.9. The lowest BCUT2D eigenvalue weighted by molar-refractivity contribution is 0.0939. The molecule has 110 valence electrons. The maximum absolute atomic E-state index is 12.2. The molecule has 0 fully saturated rings. The molecular weight excluding hydrogens is 331 g/mol. The average Bonchev–Trinajstić information content (AvgIpc) is 2.37. The van der Waals surface area contributed by atoms with Crippen molar-refractivity contribution in [3.8, 4) is 0 Å². The predicted molar refractivity (Wildman–Crippen MR) is 86.3 cm³/mol. The lowest BCUT2D eigenvalue weighted by atomic mass is 10.1. The van der Waals surface area contributed by atoms with E-state index in [9.17, 15) is 4.79 Å². The Morgan fingerprint density at radius 2 is 1.90 bits per heavy atom. The van der Waals surface area contributed by atoms with Gasteiger partial charge in [-0.15, -0.1) is 0 Å². The molecule has 0 saturated heterocycles. The second kappa shape index (κ2) is 6.65. The molecular formula is C15H13Cl3N2O. The Labute approximate surface area is 138 Å². The molecule has 1 N–H and O–H groups in total. The normalized spacial score (nSPS) is 12.0. The van der Waals surface area contributed by atoms with Crippen LogP contribution in [0.5, 0.6) is 0 Å². The van der Waals surface area contributed by atoms with Crippen molar-refractivity contribution in [2.45, 2.75) is 19.9 Å². The van der Waals surface area contributed by atoms with Gasteiger partial charge in [0.25, 0.3) is 5.91 Å². The van der Waals surface area contributed by atoms with Crippen LogP contribution < -0.4 is 5.32 Å². The van der Waals surface area contributed by atoms with E-state index in [4.69, 9.17) is 34.8 Å². The highest BCUT2D eigenvalue weighted by Gasteiger charge is 2.15. The number of halogens is 3. The Balaban J connectivity index is 2.18. The van der Waals surface area contributed by atoms with Crippen molar-refractivity contribution in [3.63, 3.8) is 0 Å². The summed E-state index contributed by atoms with van der Waals surface area (Å²) < 4.78 is 0. The third-order valence-corrected chi connectivity index (χ3v) is 3.72. The van der Waals surface area contributed by atoms with E-state index in [0.29, 0.717) is 21.3 Å². The Kier molecular flexibility index (Phi) is 5.09. The highest BCUT2D eigenvalue weighted by molar-refractivity contribution is 6.35. The molecule has 1 unspecified atom stereocenters. The SMILES string of the molecule is Cc1cc(C(=O)NC(C)c2ccc(Cl)cc2Cl)cc(Cl)n1. The maximum Gasteiger partial charge on any atom is 0.251 e. The lowest BCUT2D eigenvalue weighted by Gasteiger charge is -2.16.